The van der Waals surface area contributed by atoms with Crippen LogP contribution < -0.4 is 0 Å². The summed E-state index contributed by atoms with van der Waals surface area (Å²) < 4.78 is 2.15. The third kappa shape index (κ3) is 2.06. The summed E-state index contributed by atoms with van der Waals surface area (Å²) in [4.78, 5) is 9.02. The Kier molecular flexibility index (Phi) is 2.92. The number of halogens is 1. The van der Waals surface area contributed by atoms with Gasteiger partial charge in [0.15, 0.2) is 5.65 Å². The van der Waals surface area contributed by atoms with Gasteiger partial charge in [0.2, 0.25) is 0 Å². The SMILES string of the molecule is N#CCCCn1c(C2CC2)nc2cc(Cl)cnc21. The average molecular weight is 261 g/mol. The molecule has 0 bridgehead atoms. The van der Waals surface area contributed by atoms with Gasteiger partial charge in [-0.15, -0.1) is 0 Å². The second kappa shape index (κ2) is 4.58. The lowest BCUT2D eigenvalue weighted by molar-refractivity contribution is 0.631. The molecule has 0 spiro atoms. The summed E-state index contributed by atoms with van der Waals surface area (Å²) in [5.41, 5.74) is 1.75. The van der Waals surface area contributed by atoms with Crippen LogP contribution in [0.25, 0.3) is 11.2 Å². The minimum Gasteiger partial charge on any atom is -0.312 e. The van der Waals surface area contributed by atoms with Crippen molar-refractivity contribution in [3.8, 4) is 6.07 Å². The molecule has 2 heterocycles. The van der Waals surface area contributed by atoms with Crippen LogP contribution in [-0.2, 0) is 6.54 Å². The molecule has 1 fully saturated rings. The van der Waals surface area contributed by atoms with E-state index in [0.717, 1.165) is 30.0 Å². The van der Waals surface area contributed by atoms with Crippen molar-refractivity contribution < 1.29 is 0 Å². The normalized spacial score (nSPS) is 14.9. The van der Waals surface area contributed by atoms with Crippen molar-refractivity contribution in [2.24, 2.45) is 0 Å². The Morgan fingerprint density at radius 3 is 3.06 bits per heavy atom. The number of aromatic nitrogens is 3. The molecule has 1 aliphatic carbocycles. The van der Waals surface area contributed by atoms with Crippen LogP contribution in [0.15, 0.2) is 12.3 Å². The van der Waals surface area contributed by atoms with E-state index in [-0.39, 0.29) is 0 Å². The fourth-order valence-electron chi connectivity index (χ4n) is 2.19. The molecule has 0 radical (unpaired) electrons. The van der Waals surface area contributed by atoms with Gasteiger partial charge >= 0.3 is 0 Å². The highest BCUT2D eigenvalue weighted by atomic mass is 35.5. The van der Waals surface area contributed by atoms with Gasteiger partial charge < -0.3 is 4.57 Å². The smallest absolute Gasteiger partial charge is 0.160 e. The van der Waals surface area contributed by atoms with E-state index >= 15 is 0 Å². The van der Waals surface area contributed by atoms with Crippen molar-refractivity contribution in [2.45, 2.75) is 38.1 Å². The molecular weight excluding hydrogens is 248 g/mol. The van der Waals surface area contributed by atoms with Gasteiger partial charge in [-0.25, -0.2) is 9.97 Å². The standard InChI is InChI=1S/C13H13ClN4/c14-10-7-11-13(16-8-10)18(6-2-1-5-15)12(17-11)9-3-4-9/h7-9H,1-4,6H2. The number of nitrogens with zero attached hydrogens (tertiary/aromatic N) is 4. The van der Waals surface area contributed by atoms with E-state index in [1.54, 1.807) is 6.20 Å². The van der Waals surface area contributed by atoms with Crippen molar-refractivity contribution in [1.82, 2.24) is 14.5 Å². The molecule has 2 aromatic rings. The third-order valence-electron chi connectivity index (χ3n) is 3.19. The fourth-order valence-corrected chi connectivity index (χ4v) is 2.35. The van der Waals surface area contributed by atoms with Crippen LogP contribution in [0.5, 0.6) is 0 Å². The fraction of sp³-hybridized carbons (Fsp3) is 0.462. The maximum absolute atomic E-state index is 8.63. The van der Waals surface area contributed by atoms with Gasteiger partial charge in [0.25, 0.3) is 0 Å². The molecule has 0 amide bonds. The maximum Gasteiger partial charge on any atom is 0.160 e. The van der Waals surface area contributed by atoms with Gasteiger partial charge in [0.1, 0.15) is 11.3 Å². The van der Waals surface area contributed by atoms with Crippen molar-refractivity contribution >= 4 is 22.8 Å². The molecule has 3 rings (SSSR count). The number of aryl methyl sites for hydroxylation is 1. The van der Waals surface area contributed by atoms with E-state index in [1.807, 2.05) is 6.07 Å². The van der Waals surface area contributed by atoms with Gasteiger partial charge in [-0.2, -0.15) is 5.26 Å². The van der Waals surface area contributed by atoms with Crippen molar-refractivity contribution in [1.29, 1.82) is 5.26 Å². The Hall–Kier alpha value is -1.60. The van der Waals surface area contributed by atoms with Crippen molar-refractivity contribution in [2.75, 3.05) is 0 Å². The molecule has 92 valence electrons. The molecule has 5 heteroatoms. The molecule has 0 aromatic carbocycles. The summed E-state index contributed by atoms with van der Waals surface area (Å²) in [6.45, 7) is 0.810. The first-order valence-electron chi connectivity index (χ1n) is 6.18. The molecule has 0 aliphatic heterocycles. The summed E-state index contributed by atoms with van der Waals surface area (Å²) in [5, 5.41) is 9.24. The first-order valence-corrected chi connectivity index (χ1v) is 6.56. The van der Waals surface area contributed by atoms with Gasteiger partial charge in [-0.05, 0) is 25.3 Å². The zero-order valence-corrected chi connectivity index (χ0v) is 10.7. The van der Waals surface area contributed by atoms with Gasteiger partial charge in [-0.1, -0.05) is 11.6 Å². The predicted molar refractivity (Wildman–Crippen MR) is 69.4 cm³/mol. The number of fused-ring (bicyclic) bond motifs is 1. The zero-order valence-electron chi connectivity index (χ0n) is 9.93. The second-order valence-corrected chi connectivity index (χ2v) is 5.09. The minimum atomic E-state index is 0.567. The topological polar surface area (TPSA) is 54.5 Å². The Morgan fingerprint density at radius 2 is 2.33 bits per heavy atom. The van der Waals surface area contributed by atoms with Crippen LogP contribution in [0.2, 0.25) is 5.02 Å². The van der Waals surface area contributed by atoms with E-state index in [9.17, 15) is 0 Å². The lowest BCUT2D eigenvalue weighted by Gasteiger charge is -2.06. The number of nitriles is 1. The van der Waals surface area contributed by atoms with Crippen LogP contribution in [0.3, 0.4) is 0 Å². The first kappa shape index (κ1) is 11.5. The molecule has 1 saturated carbocycles. The van der Waals surface area contributed by atoms with Crippen LogP contribution in [-0.4, -0.2) is 14.5 Å². The van der Waals surface area contributed by atoms with Gasteiger partial charge in [0, 0.05) is 25.1 Å². The Labute approximate surface area is 110 Å². The quantitative estimate of drug-likeness (QED) is 0.793. The van der Waals surface area contributed by atoms with Crippen LogP contribution in [0.1, 0.15) is 37.4 Å². The van der Waals surface area contributed by atoms with Crippen molar-refractivity contribution in [3.63, 3.8) is 0 Å². The number of unbranched alkanes of at least 4 members (excludes halogenated alkanes) is 1. The summed E-state index contributed by atoms with van der Waals surface area (Å²) in [7, 11) is 0. The molecule has 0 N–H and O–H groups in total. The Balaban J connectivity index is 2.02. The highest BCUT2D eigenvalue weighted by Gasteiger charge is 2.29. The molecule has 1 aliphatic rings. The lowest BCUT2D eigenvalue weighted by atomic mass is 10.3. The molecule has 18 heavy (non-hydrogen) atoms. The van der Waals surface area contributed by atoms with E-state index in [0.29, 0.717) is 17.4 Å². The van der Waals surface area contributed by atoms with Crippen LogP contribution >= 0.6 is 11.6 Å². The third-order valence-corrected chi connectivity index (χ3v) is 3.40. The Bertz CT molecular complexity index is 622. The number of rotatable bonds is 4. The lowest BCUT2D eigenvalue weighted by Crippen LogP contribution is -2.03. The molecule has 0 atom stereocenters. The average Bonchev–Trinajstić information content (AvgIpc) is 3.13. The first-order chi connectivity index (χ1) is 8.79. The highest BCUT2D eigenvalue weighted by Crippen LogP contribution is 2.40. The largest absolute Gasteiger partial charge is 0.312 e. The van der Waals surface area contributed by atoms with Gasteiger partial charge in [0.05, 0.1) is 11.1 Å². The summed E-state index contributed by atoms with van der Waals surface area (Å²) in [6, 6.07) is 4.03. The van der Waals surface area contributed by atoms with E-state index in [1.165, 1.54) is 12.8 Å². The molecule has 2 aromatic heterocycles. The summed E-state index contributed by atoms with van der Waals surface area (Å²) >= 11 is 5.95. The van der Waals surface area contributed by atoms with Gasteiger partial charge in [-0.3, -0.25) is 0 Å². The molecular formula is C13H13ClN4. The summed E-state index contributed by atoms with van der Waals surface area (Å²) in [5.74, 6) is 1.68. The second-order valence-electron chi connectivity index (χ2n) is 4.65. The van der Waals surface area contributed by atoms with E-state index in [2.05, 4.69) is 20.6 Å². The van der Waals surface area contributed by atoms with E-state index < -0.39 is 0 Å². The number of hydrogen-bond donors (Lipinski definition) is 0. The molecule has 4 nitrogen and oxygen atoms in total. The molecule has 0 unspecified atom stereocenters. The van der Waals surface area contributed by atoms with Crippen LogP contribution in [0.4, 0.5) is 0 Å². The number of pyridine rings is 1. The maximum atomic E-state index is 8.63. The van der Waals surface area contributed by atoms with Crippen LogP contribution in [0, 0.1) is 11.3 Å². The summed E-state index contributed by atoms with van der Waals surface area (Å²) in [6.07, 6.45) is 5.47. The van der Waals surface area contributed by atoms with E-state index in [4.69, 9.17) is 16.9 Å². The Morgan fingerprint density at radius 1 is 1.50 bits per heavy atom. The van der Waals surface area contributed by atoms with Crippen molar-refractivity contribution in [3.05, 3.63) is 23.1 Å². The molecule has 0 saturated heterocycles. The zero-order chi connectivity index (χ0) is 12.5. The monoisotopic (exact) mass is 260 g/mol. The predicted octanol–water partition coefficient (Wildman–Crippen LogP) is 3.27. The highest BCUT2D eigenvalue weighted by molar-refractivity contribution is 6.31. The number of imidazole rings is 1. The minimum absolute atomic E-state index is 0.567. The number of hydrogen-bond acceptors (Lipinski definition) is 3.